The van der Waals surface area contributed by atoms with Crippen molar-refractivity contribution < 1.29 is 0 Å². The summed E-state index contributed by atoms with van der Waals surface area (Å²) < 4.78 is 0. The molecule has 0 spiro atoms. The van der Waals surface area contributed by atoms with Gasteiger partial charge in [-0.15, -0.1) is 0 Å². The van der Waals surface area contributed by atoms with Crippen LogP contribution in [0, 0.1) is 6.92 Å². The Balaban J connectivity index is 2.86. The third kappa shape index (κ3) is 0.673. The van der Waals surface area contributed by atoms with Gasteiger partial charge in [0.05, 0.1) is 5.69 Å². The zero-order valence-electron chi connectivity index (χ0n) is 5.63. The molecule has 0 unspecified atom stereocenters. The van der Waals surface area contributed by atoms with E-state index in [-0.39, 0.29) is 0 Å². The van der Waals surface area contributed by atoms with Crippen LogP contribution in [-0.4, -0.2) is 15.0 Å². The molecule has 0 saturated heterocycles. The van der Waals surface area contributed by atoms with Crippen molar-refractivity contribution in [2.45, 2.75) is 6.92 Å². The van der Waals surface area contributed by atoms with Crippen molar-refractivity contribution in [1.82, 2.24) is 15.0 Å². The molecule has 2 aromatic heterocycles. The summed E-state index contributed by atoms with van der Waals surface area (Å²) in [6.45, 7) is 1.92. The van der Waals surface area contributed by atoms with Crippen LogP contribution in [0.5, 0.6) is 0 Å². The number of H-pyrrole nitrogens is 1. The molecule has 2 rings (SSSR count). The molecule has 2 aromatic rings. The van der Waals surface area contributed by atoms with Crippen LogP contribution in [0.25, 0.3) is 11.2 Å². The van der Waals surface area contributed by atoms with Gasteiger partial charge in [-0.1, -0.05) is 0 Å². The lowest BCUT2D eigenvalue weighted by Gasteiger charge is -1.88. The van der Waals surface area contributed by atoms with Gasteiger partial charge in [-0.2, -0.15) is 0 Å². The molecule has 0 saturated carbocycles. The SMILES string of the molecule is Cc1cnc2cc[nH]c2n1. The van der Waals surface area contributed by atoms with E-state index in [0.29, 0.717) is 0 Å². The van der Waals surface area contributed by atoms with Crippen LogP contribution in [0.15, 0.2) is 18.5 Å². The smallest absolute Gasteiger partial charge is 0.156 e. The largest absolute Gasteiger partial charge is 0.345 e. The Kier molecular flexibility index (Phi) is 0.974. The molecule has 0 bridgehead atoms. The van der Waals surface area contributed by atoms with Gasteiger partial charge >= 0.3 is 0 Å². The number of nitrogens with one attached hydrogen (secondary N) is 1. The predicted octanol–water partition coefficient (Wildman–Crippen LogP) is 1.27. The van der Waals surface area contributed by atoms with E-state index in [1.807, 2.05) is 19.2 Å². The molecule has 0 radical (unpaired) electrons. The van der Waals surface area contributed by atoms with Gasteiger partial charge in [0.2, 0.25) is 0 Å². The van der Waals surface area contributed by atoms with Gasteiger partial charge in [0, 0.05) is 12.4 Å². The molecule has 0 fully saturated rings. The number of aryl methyl sites for hydroxylation is 1. The van der Waals surface area contributed by atoms with Crippen LogP contribution < -0.4 is 0 Å². The van der Waals surface area contributed by atoms with Crippen LogP contribution in [-0.2, 0) is 0 Å². The number of hydrogen-bond acceptors (Lipinski definition) is 2. The van der Waals surface area contributed by atoms with E-state index >= 15 is 0 Å². The van der Waals surface area contributed by atoms with Gasteiger partial charge in [0.25, 0.3) is 0 Å². The Bertz CT molecular complexity index is 350. The Morgan fingerprint density at radius 2 is 2.40 bits per heavy atom. The van der Waals surface area contributed by atoms with Crippen molar-refractivity contribution in [2.75, 3.05) is 0 Å². The number of nitrogens with zero attached hydrogens (tertiary/aromatic N) is 2. The van der Waals surface area contributed by atoms with E-state index in [0.717, 1.165) is 16.9 Å². The second kappa shape index (κ2) is 1.80. The minimum Gasteiger partial charge on any atom is -0.345 e. The molecule has 1 N–H and O–H groups in total. The third-order valence-corrected chi connectivity index (χ3v) is 1.38. The van der Waals surface area contributed by atoms with Gasteiger partial charge in [-0.3, -0.25) is 4.98 Å². The second-order valence-corrected chi connectivity index (χ2v) is 2.22. The van der Waals surface area contributed by atoms with Crippen LogP contribution in [0.1, 0.15) is 5.69 Å². The van der Waals surface area contributed by atoms with Crippen LogP contribution in [0.3, 0.4) is 0 Å². The summed E-state index contributed by atoms with van der Waals surface area (Å²) in [5.41, 5.74) is 2.72. The maximum Gasteiger partial charge on any atom is 0.156 e. The quantitative estimate of drug-likeness (QED) is 0.588. The predicted molar refractivity (Wildman–Crippen MR) is 38.6 cm³/mol. The number of aromatic amines is 1. The van der Waals surface area contributed by atoms with Crippen molar-refractivity contribution in [3.63, 3.8) is 0 Å². The van der Waals surface area contributed by atoms with Gasteiger partial charge in [0.15, 0.2) is 5.65 Å². The lowest BCUT2D eigenvalue weighted by Crippen LogP contribution is -1.83. The molecular weight excluding hydrogens is 126 g/mol. The summed E-state index contributed by atoms with van der Waals surface area (Å²) >= 11 is 0. The molecule has 50 valence electrons. The summed E-state index contributed by atoms with van der Waals surface area (Å²) in [5, 5.41) is 0. The fourth-order valence-electron chi connectivity index (χ4n) is 0.914. The van der Waals surface area contributed by atoms with Crippen molar-refractivity contribution in [3.05, 3.63) is 24.2 Å². The number of fused-ring (bicyclic) bond motifs is 1. The van der Waals surface area contributed by atoms with Crippen molar-refractivity contribution >= 4 is 11.2 Å². The second-order valence-electron chi connectivity index (χ2n) is 2.22. The topological polar surface area (TPSA) is 41.6 Å². The Labute approximate surface area is 58.1 Å². The van der Waals surface area contributed by atoms with E-state index in [1.165, 1.54) is 0 Å². The molecule has 0 aliphatic carbocycles. The first kappa shape index (κ1) is 5.41. The molecule has 0 aliphatic heterocycles. The van der Waals surface area contributed by atoms with Crippen molar-refractivity contribution in [1.29, 1.82) is 0 Å². The van der Waals surface area contributed by atoms with Gasteiger partial charge < -0.3 is 4.98 Å². The zero-order chi connectivity index (χ0) is 6.97. The molecule has 0 aromatic carbocycles. The van der Waals surface area contributed by atoms with E-state index in [4.69, 9.17) is 0 Å². The summed E-state index contributed by atoms with van der Waals surface area (Å²) in [4.78, 5) is 11.4. The minimum absolute atomic E-state index is 0.861. The summed E-state index contributed by atoms with van der Waals surface area (Å²) in [7, 11) is 0. The first-order chi connectivity index (χ1) is 4.86. The molecule has 2 heterocycles. The summed E-state index contributed by atoms with van der Waals surface area (Å²) in [5.74, 6) is 0. The molecule has 3 nitrogen and oxygen atoms in total. The van der Waals surface area contributed by atoms with Crippen molar-refractivity contribution in [3.8, 4) is 0 Å². The molecule has 0 amide bonds. The first-order valence-corrected chi connectivity index (χ1v) is 3.13. The Morgan fingerprint density at radius 1 is 1.50 bits per heavy atom. The van der Waals surface area contributed by atoms with Gasteiger partial charge in [0.1, 0.15) is 5.52 Å². The van der Waals surface area contributed by atoms with Crippen molar-refractivity contribution in [2.24, 2.45) is 0 Å². The Morgan fingerprint density at radius 3 is 3.30 bits per heavy atom. The fourth-order valence-corrected chi connectivity index (χ4v) is 0.914. The van der Waals surface area contributed by atoms with E-state index in [1.54, 1.807) is 6.20 Å². The number of hydrogen-bond donors (Lipinski definition) is 1. The average Bonchev–Trinajstić information content (AvgIpc) is 2.33. The minimum atomic E-state index is 0.861. The summed E-state index contributed by atoms with van der Waals surface area (Å²) in [6.07, 6.45) is 3.60. The summed E-state index contributed by atoms with van der Waals surface area (Å²) in [6, 6.07) is 1.90. The molecule has 3 heteroatoms. The monoisotopic (exact) mass is 133 g/mol. The normalized spacial score (nSPS) is 10.5. The average molecular weight is 133 g/mol. The number of aromatic nitrogens is 3. The van der Waals surface area contributed by atoms with Gasteiger partial charge in [-0.25, -0.2) is 4.98 Å². The van der Waals surface area contributed by atoms with E-state index in [9.17, 15) is 0 Å². The highest BCUT2D eigenvalue weighted by molar-refractivity contribution is 5.69. The van der Waals surface area contributed by atoms with Crippen LogP contribution in [0.4, 0.5) is 0 Å². The van der Waals surface area contributed by atoms with E-state index < -0.39 is 0 Å². The highest BCUT2D eigenvalue weighted by Gasteiger charge is 1.94. The third-order valence-electron chi connectivity index (χ3n) is 1.38. The lowest BCUT2D eigenvalue weighted by molar-refractivity contribution is 1.17. The first-order valence-electron chi connectivity index (χ1n) is 3.13. The molecular formula is C7H7N3. The molecule has 0 atom stereocenters. The van der Waals surface area contributed by atoms with Crippen LogP contribution >= 0.6 is 0 Å². The molecule has 10 heavy (non-hydrogen) atoms. The van der Waals surface area contributed by atoms with Gasteiger partial charge in [-0.05, 0) is 13.0 Å². The lowest BCUT2D eigenvalue weighted by atomic mass is 10.5. The Hall–Kier alpha value is -1.38. The standard InChI is InChI=1S/C7H7N3/c1-5-4-9-6-2-3-8-7(6)10-5/h2-4H,1H3,(H,8,10). The maximum atomic E-state index is 4.22. The highest BCUT2D eigenvalue weighted by Crippen LogP contribution is 2.04. The fraction of sp³-hybridized carbons (Fsp3) is 0.143. The van der Waals surface area contributed by atoms with E-state index in [2.05, 4.69) is 15.0 Å². The van der Waals surface area contributed by atoms with Crippen LogP contribution in [0.2, 0.25) is 0 Å². The maximum absolute atomic E-state index is 4.22. The number of rotatable bonds is 0. The molecule has 0 aliphatic rings. The zero-order valence-corrected chi connectivity index (χ0v) is 5.63. The highest BCUT2D eigenvalue weighted by atomic mass is 14.9.